The van der Waals surface area contributed by atoms with Crippen molar-refractivity contribution in [3.8, 4) is 0 Å². The van der Waals surface area contributed by atoms with E-state index in [9.17, 15) is 0 Å². The van der Waals surface area contributed by atoms with E-state index in [1.54, 1.807) is 77.0 Å². The van der Waals surface area contributed by atoms with Crippen molar-refractivity contribution < 1.29 is 16.2 Å². The van der Waals surface area contributed by atoms with E-state index in [-0.39, 0.29) is 16.2 Å². The van der Waals surface area contributed by atoms with Crippen LogP contribution >= 0.6 is 19.7 Å². The Balaban J connectivity index is 0.000000200. The molecule has 51 heavy (non-hydrogen) atoms. The van der Waals surface area contributed by atoms with Gasteiger partial charge in [0.2, 0.25) is 0 Å². The molecule has 1 saturated heterocycles. The molecule has 0 amide bonds. The van der Waals surface area contributed by atoms with Gasteiger partial charge in [0.25, 0.3) is 0 Å². The molecule has 1 heterocycles. The summed E-state index contributed by atoms with van der Waals surface area (Å²) in [7, 11) is 0.385. The van der Waals surface area contributed by atoms with Crippen LogP contribution in [0.2, 0.25) is 0 Å². The molecule has 3 saturated carbocycles. The predicted octanol–water partition coefficient (Wildman–Crippen LogP) is 13.1. The van der Waals surface area contributed by atoms with E-state index in [0.717, 1.165) is 13.1 Å². The van der Waals surface area contributed by atoms with Gasteiger partial charge in [0.15, 0.2) is 0 Å². The van der Waals surface area contributed by atoms with Gasteiger partial charge in [-0.3, -0.25) is 0 Å². The van der Waals surface area contributed by atoms with Crippen molar-refractivity contribution in [2.24, 2.45) is 0 Å². The van der Waals surface area contributed by atoms with Crippen LogP contribution in [-0.2, 0) is 16.2 Å². The number of hydrogen-bond acceptors (Lipinski definition) is 3. The van der Waals surface area contributed by atoms with Crippen LogP contribution < -0.4 is 9.80 Å². The fourth-order valence-electron chi connectivity index (χ4n) is 9.87. The molecule has 0 unspecified atom stereocenters. The van der Waals surface area contributed by atoms with E-state index in [0.29, 0.717) is 7.92 Å². The average molecular weight is 810 g/mol. The average Bonchev–Trinajstić information content (AvgIpc) is 3.52. The van der Waals surface area contributed by atoms with Gasteiger partial charge in [0.1, 0.15) is 0 Å². The van der Waals surface area contributed by atoms with Crippen LogP contribution in [0.5, 0.6) is 0 Å². The molecule has 3 aromatic carbocycles. The van der Waals surface area contributed by atoms with Gasteiger partial charge in [0, 0.05) is 0 Å². The number of rotatable bonds is 7. The van der Waals surface area contributed by atoms with Crippen molar-refractivity contribution in [3.05, 3.63) is 88.0 Å². The summed E-state index contributed by atoms with van der Waals surface area (Å²) in [6, 6.07) is 20.0. The van der Waals surface area contributed by atoms with Crippen LogP contribution in [0.4, 0.5) is 11.4 Å². The van der Waals surface area contributed by atoms with E-state index < -0.39 is 0 Å². The molecule has 0 radical (unpaired) electrons. The van der Waals surface area contributed by atoms with Crippen LogP contribution in [0, 0.1) is 41.5 Å². The monoisotopic (exact) mass is 810 g/mol. The molecular formula is C46H65N2PRuS. The number of aryl methyl sites for hydroxylation is 6. The first-order chi connectivity index (χ1) is 24.8. The predicted molar refractivity (Wildman–Crippen MR) is 227 cm³/mol. The topological polar surface area (TPSA) is 6.48 Å². The molecule has 0 atom stereocenters. The van der Waals surface area contributed by atoms with E-state index in [1.807, 2.05) is 11.8 Å². The zero-order valence-corrected chi connectivity index (χ0v) is 36.1. The third-order valence-electron chi connectivity index (χ3n) is 11.8. The molecule has 2 nitrogen and oxygen atoms in total. The van der Waals surface area contributed by atoms with Gasteiger partial charge in [-0.15, -0.1) is 0 Å². The minimum absolute atomic E-state index is 0.0764. The molecule has 5 heteroatoms. The molecule has 7 rings (SSSR count). The Labute approximate surface area is 324 Å². The van der Waals surface area contributed by atoms with Crippen LogP contribution in [0.1, 0.15) is 130 Å². The molecule has 0 spiro atoms. The van der Waals surface area contributed by atoms with E-state index in [4.69, 9.17) is 0 Å². The fraction of sp³-hybridized carbons (Fsp3) is 0.565. The molecule has 1 aliphatic heterocycles. The first kappa shape index (κ1) is 39.1. The summed E-state index contributed by atoms with van der Waals surface area (Å²) >= 11 is 1.79. The summed E-state index contributed by atoms with van der Waals surface area (Å²) in [5, 5.41) is 0. The SMILES string of the molecule is C1CCC(P(C2CCCCC2)C2CCCCC2)CC1.Cc1cc(C)c(N2CCN(c3c(C)cc(C)cc3C)[C]2=[Ru]=[CH]Sc2ccccc2)c(C)c1. The second kappa shape index (κ2) is 19.1. The molecular weight excluding hydrogens is 745 g/mol. The third-order valence-corrected chi connectivity index (χ3v) is 19.2. The molecule has 278 valence electrons. The van der Waals surface area contributed by atoms with Crippen LogP contribution in [-0.4, -0.2) is 38.4 Å². The quantitative estimate of drug-likeness (QED) is 0.133. The normalized spacial score (nSPS) is 19.4. The molecule has 0 N–H and O–H groups in total. The minimum atomic E-state index is -0.0764. The zero-order chi connectivity index (χ0) is 35.7. The number of benzene rings is 3. The maximum absolute atomic E-state index is 2.60. The number of thioether (sulfide) groups is 1. The van der Waals surface area contributed by atoms with Gasteiger partial charge in [0.05, 0.1) is 0 Å². The second-order valence-electron chi connectivity index (χ2n) is 16.0. The summed E-state index contributed by atoms with van der Waals surface area (Å²) in [4.78, 5) is 6.51. The Morgan fingerprint density at radius 1 is 0.549 bits per heavy atom. The Hall–Kier alpha value is -1.60. The van der Waals surface area contributed by atoms with Gasteiger partial charge in [-0.2, -0.15) is 0 Å². The zero-order valence-electron chi connectivity index (χ0n) is 32.6. The summed E-state index contributed by atoms with van der Waals surface area (Å²) in [6.07, 6.45) is 23.6. The van der Waals surface area contributed by atoms with Crippen LogP contribution in [0.25, 0.3) is 0 Å². The second-order valence-corrected chi connectivity index (χ2v) is 22.5. The number of nitrogens with zero attached hydrogens (tertiary/aromatic N) is 2. The van der Waals surface area contributed by atoms with Gasteiger partial charge >= 0.3 is 205 Å². The summed E-state index contributed by atoms with van der Waals surface area (Å²) in [5.41, 5.74) is 14.5. The van der Waals surface area contributed by atoms with Gasteiger partial charge in [-0.1, -0.05) is 65.7 Å². The fourth-order valence-corrected chi connectivity index (χ4v) is 18.0. The van der Waals surface area contributed by atoms with Gasteiger partial charge in [-0.05, 0) is 55.5 Å². The van der Waals surface area contributed by atoms with Crippen molar-refractivity contribution in [1.82, 2.24) is 0 Å². The van der Waals surface area contributed by atoms with Gasteiger partial charge < -0.3 is 0 Å². The third kappa shape index (κ3) is 10.1. The van der Waals surface area contributed by atoms with Crippen LogP contribution in [0.3, 0.4) is 0 Å². The van der Waals surface area contributed by atoms with Crippen molar-refractivity contribution in [1.29, 1.82) is 0 Å². The van der Waals surface area contributed by atoms with Gasteiger partial charge in [-0.25, -0.2) is 0 Å². The number of hydrogen-bond donors (Lipinski definition) is 0. The molecule has 0 bridgehead atoms. The Bertz CT molecular complexity index is 1490. The van der Waals surface area contributed by atoms with E-state index in [1.165, 1.54) is 90.2 Å². The Morgan fingerprint density at radius 2 is 0.922 bits per heavy atom. The summed E-state index contributed by atoms with van der Waals surface area (Å²) in [6.45, 7) is 15.5. The van der Waals surface area contributed by atoms with Crippen molar-refractivity contribution >= 4 is 39.4 Å². The molecule has 0 aromatic heterocycles. The first-order valence-electron chi connectivity index (χ1n) is 20.3. The first-order valence-corrected chi connectivity index (χ1v) is 24.6. The maximum atomic E-state index is 2.60. The van der Waals surface area contributed by atoms with Crippen molar-refractivity contribution in [3.63, 3.8) is 0 Å². The molecule has 3 aromatic rings. The van der Waals surface area contributed by atoms with E-state index in [2.05, 4.69) is 110 Å². The summed E-state index contributed by atoms with van der Waals surface area (Å²) < 4.78 is 3.91. The van der Waals surface area contributed by atoms with E-state index >= 15 is 0 Å². The molecule has 3 aliphatic carbocycles. The number of anilines is 2. The van der Waals surface area contributed by atoms with Crippen molar-refractivity contribution in [2.45, 2.75) is 160 Å². The Kier molecular flexibility index (Phi) is 14.7. The summed E-state index contributed by atoms with van der Waals surface area (Å²) in [5.74, 6) is 0. The van der Waals surface area contributed by atoms with Crippen LogP contribution in [0.15, 0.2) is 59.5 Å². The molecule has 4 fully saturated rings. The standard InChI is InChI=1S/C21H26N2.C18H33P.C7H6S.Ru/c1-14-9-16(3)20(17(4)10-14)22-7-8-23(13-22)21-18(5)11-15(2)12-19(21)6;1-4-10-16(11-5-1)19(17-12-6-2-7-13-17)18-14-8-3-9-15-18;1-8-7-5-3-2-4-6-7;/h9-12H,7-8H2,1-6H3;16-18H,1-15H2;1-6H;. The molecule has 4 aliphatic rings. The Morgan fingerprint density at radius 3 is 1.29 bits per heavy atom. The van der Waals surface area contributed by atoms with Crippen molar-refractivity contribution in [2.75, 3.05) is 22.9 Å².